The number of piperidine rings is 1. The third-order valence-electron chi connectivity index (χ3n) is 9.42. The molecule has 1 aliphatic carbocycles. The van der Waals surface area contributed by atoms with E-state index in [1.54, 1.807) is 0 Å². The molecular formula is C35H43BrN2O2. The van der Waals surface area contributed by atoms with Crippen LogP contribution in [-0.4, -0.2) is 36.1 Å². The van der Waals surface area contributed by atoms with Crippen molar-refractivity contribution in [3.8, 4) is 11.5 Å². The van der Waals surface area contributed by atoms with Gasteiger partial charge in [-0.15, -0.1) is 0 Å². The molecule has 40 heavy (non-hydrogen) atoms. The van der Waals surface area contributed by atoms with Crippen LogP contribution in [0.1, 0.15) is 80.4 Å². The van der Waals surface area contributed by atoms with Gasteiger partial charge in [0.05, 0.1) is 25.6 Å². The summed E-state index contributed by atoms with van der Waals surface area (Å²) in [5, 5.41) is 3.49. The van der Waals surface area contributed by atoms with Gasteiger partial charge in [0.2, 0.25) is 5.91 Å². The van der Waals surface area contributed by atoms with Crippen molar-refractivity contribution < 1.29 is 31.0 Å². The molecule has 2 heterocycles. The van der Waals surface area contributed by atoms with E-state index in [-0.39, 0.29) is 34.8 Å². The van der Waals surface area contributed by atoms with Crippen molar-refractivity contribution in [3.05, 3.63) is 95.6 Å². The van der Waals surface area contributed by atoms with Crippen LogP contribution in [0.5, 0.6) is 11.5 Å². The van der Waals surface area contributed by atoms with Crippen LogP contribution < -0.4 is 27.0 Å². The fourth-order valence-corrected chi connectivity index (χ4v) is 7.38. The maximum atomic E-state index is 13.9. The number of likely N-dealkylation sites (tertiary alicyclic amines) is 1. The molecule has 6 rings (SSSR count). The van der Waals surface area contributed by atoms with Gasteiger partial charge in [0, 0.05) is 41.5 Å². The highest BCUT2D eigenvalue weighted by Gasteiger charge is 2.39. The molecule has 0 atom stereocenters. The second kappa shape index (κ2) is 13.4. The van der Waals surface area contributed by atoms with Gasteiger partial charge in [-0.1, -0.05) is 98.8 Å². The van der Waals surface area contributed by atoms with Crippen LogP contribution in [0.2, 0.25) is 0 Å². The summed E-state index contributed by atoms with van der Waals surface area (Å²) >= 11 is 0. The van der Waals surface area contributed by atoms with Gasteiger partial charge >= 0.3 is 0 Å². The lowest BCUT2D eigenvalue weighted by molar-refractivity contribution is -0.948. The minimum Gasteiger partial charge on any atom is -1.00 e. The highest BCUT2D eigenvalue weighted by atomic mass is 79.9. The summed E-state index contributed by atoms with van der Waals surface area (Å²) in [4.78, 5) is 13.9. The summed E-state index contributed by atoms with van der Waals surface area (Å²) in [5.74, 6) is 2.18. The Kier molecular flexibility index (Phi) is 9.64. The van der Waals surface area contributed by atoms with E-state index in [1.807, 2.05) is 48.5 Å². The van der Waals surface area contributed by atoms with Crippen molar-refractivity contribution in [1.82, 2.24) is 5.32 Å². The Labute approximate surface area is 250 Å². The van der Waals surface area contributed by atoms with E-state index in [0.29, 0.717) is 0 Å². The van der Waals surface area contributed by atoms with Crippen LogP contribution in [0.4, 0.5) is 0 Å². The molecule has 3 aromatic carbocycles. The van der Waals surface area contributed by atoms with Gasteiger partial charge in [0.1, 0.15) is 18.0 Å². The Morgan fingerprint density at radius 2 is 1.27 bits per heavy atom. The number of carbonyl (C=O) groups excluding carboxylic acids is 1. The van der Waals surface area contributed by atoms with Crippen LogP contribution >= 0.6 is 0 Å². The first-order valence-corrected chi connectivity index (χ1v) is 15.2. The molecule has 3 aromatic rings. The molecule has 0 aromatic heterocycles. The largest absolute Gasteiger partial charge is 1.00 e. The van der Waals surface area contributed by atoms with E-state index in [0.717, 1.165) is 61.0 Å². The standard InChI is InChI=1S/C35H42N2O2.BrH/c38-35(34-30-17-9-11-19-32(30)39-33-20-12-10-18-31(33)34)36-29-21-23-37(24-22-29,26-28-15-7-4-8-16-28)25-27-13-5-2-1-3-6-14-27;/h4,7-12,15-20,27,29,34H,1-3,5-6,13-14,21-26H2;1H. The minimum atomic E-state index is -0.327. The quantitative estimate of drug-likeness (QED) is 0.419. The molecule has 1 N–H and O–H groups in total. The van der Waals surface area contributed by atoms with Crippen molar-refractivity contribution in [2.45, 2.75) is 76.3 Å². The molecule has 4 nitrogen and oxygen atoms in total. The van der Waals surface area contributed by atoms with E-state index in [1.165, 1.54) is 61.5 Å². The number of fused-ring (bicyclic) bond motifs is 2. The van der Waals surface area contributed by atoms with Gasteiger partial charge in [-0.05, 0) is 25.0 Å². The number of rotatable bonds is 6. The second-order valence-electron chi connectivity index (χ2n) is 12.2. The number of halogens is 1. The van der Waals surface area contributed by atoms with E-state index in [9.17, 15) is 4.79 Å². The predicted octanol–water partition coefficient (Wildman–Crippen LogP) is 4.58. The number of carbonyl (C=O) groups is 1. The summed E-state index contributed by atoms with van der Waals surface area (Å²) in [6.07, 6.45) is 11.9. The van der Waals surface area contributed by atoms with Gasteiger partial charge in [-0.25, -0.2) is 0 Å². The number of para-hydroxylation sites is 2. The van der Waals surface area contributed by atoms with E-state index < -0.39 is 0 Å². The summed E-state index contributed by atoms with van der Waals surface area (Å²) in [7, 11) is 0. The van der Waals surface area contributed by atoms with Crippen molar-refractivity contribution in [2.24, 2.45) is 5.92 Å². The lowest BCUT2D eigenvalue weighted by Crippen LogP contribution is -3.00. The Bertz CT molecular complexity index is 1200. The molecular weight excluding hydrogens is 560 g/mol. The van der Waals surface area contributed by atoms with Crippen molar-refractivity contribution in [2.75, 3.05) is 19.6 Å². The number of benzene rings is 3. The van der Waals surface area contributed by atoms with E-state index >= 15 is 0 Å². The number of hydrogen-bond donors (Lipinski definition) is 1. The Morgan fingerprint density at radius 3 is 1.90 bits per heavy atom. The maximum absolute atomic E-state index is 13.9. The number of amides is 1. The normalized spacial score (nSPS) is 23.4. The molecule has 5 heteroatoms. The lowest BCUT2D eigenvalue weighted by atomic mass is 9.86. The third-order valence-corrected chi connectivity index (χ3v) is 9.42. The number of nitrogens with one attached hydrogen (secondary N) is 1. The number of ether oxygens (including phenoxy) is 1. The Hall–Kier alpha value is -2.63. The van der Waals surface area contributed by atoms with E-state index in [2.05, 4.69) is 35.6 Å². The molecule has 1 saturated heterocycles. The van der Waals surface area contributed by atoms with Gasteiger partial charge in [-0.3, -0.25) is 4.79 Å². The monoisotopic (exact) mass is 602 g/mol. The summed E-state index contributed by atoms with van der Waals surface area (Å²) in [5.41, 5.74) is 3.37. The smallest absolute Gasteiger partial charge is 0.232 e. The average Bonchev–Trinajstić information content (AvgIpc) is 2.95. The Morgan fingerprint density at radius 1 is 0.725 bits per heavy atom. The summed E-state index contributed by atoms with van der Waals surface area (Å²) < 4.78 is 7.31. The van der Waals surface area contributed by atoms with Gasteiger partial charge in [0.15, 0.2) is 0 Å². The Balaban J connectivity index is 0.00000323. The molecule has 0 unspecified atom stereocenters. The molecule has 2 aliphatic heterocycles. The predicted molar refractivity (Wildman–Crippen MR) is 157 cm³/mol. The molecule has 3 aliphatic rings. The zero-order chi connectivity index (χ0) is 26.5. The maximum Gasteiger partial charge on any atom is 0.232 e. The first kappa shape index (κ1) is 28.9. The zero-order valence-corrected chi connectivity index (χ0v) is 25.2. The highest BCUT2D eigenvalue weighted by Crippen LogP contribution is 2.44. The second-order valence-corrected chi connectivity index (χ2v) is 12.2. The van der Waals surface area contributed by atoms with Crippen LogP contribution in [0.15, 0.2) is 78.9 Å². The van der Waals surface area contributed by atoms with Crippen molar-refractivity contribution >= 4 is 5.91 Å². The molecule has 1 saturated carbocycles. The number of quaternary nitrogens is 1. The summed E-state index contributed by atoms with van der Waals surface area (Å²) in [6, 6.07) is 27.3. The van der Waals surface area contributed by atoms with Crippen LogP contribution in [-0.2, 0) is 11.3 Å². The van der Waals surface area contributed by atoms with Crippen LogP contribution in [0.25, 0.3) is 0 Å². The SMILES string of the molecule is O=C(NC1CC[N+](Cc2ccccc2)(CC2CCCCCCC2)CC1)C1c2ccccc2Oc2ccccc21.[Br-]. The third kappa shape index (κ3) is 6.63. The van der Waals surface area contributed by atoms with E-state index in [4.69, 9.17) is 4.74 Å². The number of nitrogens with zero attached hydrogens (tertiary/aromatic N) is 1. The van der Waals surface area contributed by atoms with Crippen LogP contribution in [0.3, 0.4) is 0 Å². The van der Waals surface area contributed by atoms with Gasteiger partial charge < -0.3 is 31.5 Å². The minimum absolute atomic E-state index is 0. The molecule has 0 radical (unpaired) electrons. The summed E-state index contributed by atoms with van der Waals surface area (Å²) in [6.45, 7) is 4.67. The van der Waals surface area contributed by atoms with Gasteiger partial charge in [0.25, 0.3) is 0 Å². The highest BCUT2D eigenvalue weighted by molar-refractivity contribution is 5.89. The van der Waals surface area contributed by atoms with Crippen LogP contribution in [0, 0.1) is 5.92 Å². The molecule has 0 bridgehead atoms. The van der Waals surface area contributed by atoms with Crippen molar-refractivity contribution in [1.29, 1.82) is 0 Å². The molecule has 0 spiro atoms. The fourth-order valence-electron chi connectivity index (χ4n) is 7.38. The molecule has 212 valence electrons. The number of hydrogen-bond acceptors (Lipinski definition) is 2. The first-order valence-electron chi connectivity index (χ1n) is 15.2. The average molecular weight is 604 g/mol. The molecule has 2 fully saturated rings. The zero-order valence-electron chi connectivity index (χ0n) is 23.6. The van der Waals surface area contributed by atoms with Gasteiger partial charge in [-0.2, -0.15) is 0 Å². The van der Waals surface area contributed by atoms with Crippen molar-refractivity contribution in [3.63, 3.8) is 0 Å². The lowest BCUT2D eigenvalue weighted by Gasteiger charge is -2.46. The molecule has 1 amide bonds. The fraction of sp³-hybridized carbons (Fsp3) is 0.457. The first-order chi connectivity index (χ1) is 19.2. The topological polar surface area (TPSA) is 38.3 Å².